The van der Waals surface area contributed by atoms with E-state index >= 15 is 0 Å². The molecule has 2 aromatic carbocycles. The quantitative estimate of drug-likeness (QED) is 0.304. The molecule has 0 spiro atoms. The van der Waals surface area contributed by atoms with Gasteiger partial charge >= 0.3 is 0 Å². The molecule has 0 heterocycles. The van der Waals surface area contributed by atoms with Crippen LogP contribution in [0, 0.1) is 20.2 Å². The van der Waals surface area contributed by atoms with Gasteiger partial charge in [0, 0.05) is 24.3 Å². The maximum Gasteiger partial charge on any atom is 0.269 e. The maximum absolute atomic E-state index is 10.7. The highest BCUT2D eigenvalue weighted by Crippen LogP contribution is 2.21. The lowest BCUT2D eigenvalue weighted by Crippen LogP contribution is -2.42. The lowest BCUT2D eigenvalue weighted by molar-refractivity contribution is -0.385. The lowest BCUT2D eigenvalue weighted by atomic mass is 10.2. The van der Waals surface area contributed by atoms with Crippen LogP contribution in [0.2, 0.25) is 26.2 Å². The fraction of sp³-hybridized carbons (Fsp3) is 0.200. The molecule has 0 N–H and O–H groups in total. The van der Waals surface area contributed by atoms with E-state index in [-0.39, 0.29) is 11.4 Å². The molecule has 0 saturated heterocycles. The number of nitro benzene ring substituents is 2. The van der Waals surface area contributed by atoms with Gasteiger partial charge in [-0.2, -0.15) is 0 Å². The third kappa shape index (κ3) is 7.22. The Kier molecular flexibility index (Phi) is 7.01. The van der Waals surface area contributed by atoms with Crippen molar-refractivity contribution < 1.29 is 14.0 Å². The van der Waals surface area contributed by atoms with Gasteiger partial charge < -0.3 is 4.12 Å². The maximum atomic E-state index is 10.7. The Hall–Kier alpha value is -2.89. The predicted octanol–water partition coefficient (Wildman–Crippen LogP) is 5.73. The first kappa shape index (κ1) is 22.4. The van der Waals surface area contributed by atoms with Gasteiger partial charge in [0.1, 0.15) is 0 Å². The average Bonchev–Trinajstić information content (AvgIpc) is 2.65. The highest BCUT2D eigenvalue weighted by Gasteiger charge is 2.29. The zero-order chi connectivity index (χ0) is 21.7. The van der Waals surface area contributed by atoms with Gasteiger partial charge in [0.15, 0.2) is 16.6 Å². The predicted molar refractivity (Wildman–Crippen MR) is 120 cm³/mol. The van der Waals surface area contributed by atoms with Crippen molar-refractivity contribution >= 4 is 40.2 Å². The molecule has 29 heavy (non-hydrogen) atoms. The summed E-state index contributed by atoms with van der Waals surface area (Å²) in [6.07, 6.45) is 3.89. The fourth-order valence-electron chi connectivity index (χ4n) is 2.75. The summed E-state index contributed by atoms with van der Waals surface area (Å²) >= 11 is 0. The summed E-state index contributed by atoms with van der Waals surface area (Å²) in [4.78, 5) is 20.6. The molecule has 0 radical (unpaired) electrons. The molecule has 2 aromatic rings. The zero-order valence-corrected chi connectivity index (χ0v) is 18.9. The van der Waals surface area contributed by atoms with Crippen LogP contribution in [-0.2, 0) is 4.12 Å². The van der Waals surface area contributed by atoms with E-state index in [0.29, 0.717) is 0 Å². The highest BCUT2D eigenvalue weighted by molar-refractivity contribution is 6.90. The van der Waals surface area contributed by atoms with Crippen molar-refractivity contribution in [2.45, 2.75) is 26.2 Å². The van der Waals surface area contributed by atoms with Gasteiger partial charge in [-0.1, -0.05) is 23.6 Å². The minimum absolute atomic E-state index is 0.0693. The van der Waals surface area contributed by atoms with Crippen molar-refractivity contribution in [3.8, 4) is 0 Å². The second kappa shape index (κ2) is 9.08. The molecular weight excluding hydrogens is 404 g/mol. The zero-order valence-electron chi connectivity index (χ0n) is 16.9. The van der Waals surface area contributed by atoms with Crippen LogP contribution in [-0.4, -0.2) is 26.5 Å². The van der Waals surface area contributed by atoms with Crippen LogP contribution in [0.3, 0.4) is 0 Å². The van der Waals surface area contributed by atoms with Gasteiger partial charge in [-0.3, -0.25) is 20.2 Å². The first-order valence-corrected chi connectivity index (χ1v) is 15.0. The third-order valence-corrected chi connectivity index (χ3v) is 10.2. The second-order valence-corrected chi connectivity index (χ2v) is 15.6. The standard InChI is InChI=1S/C20H24N2O5Si2/c1-28(2,15-13-17-5-9-19(10-6-17)21(23)24)27-29(3,4)16-14-18-7-11-20(12-8-18)22(25)26/h5-16H,1-4H3/b15-13+,16-14+. The molecule has 0 aliphatic heterocycles. The highest BCUT2D eigenvalue weighted by atomic mass is 28.4. The van der Waals surface area contributed by atoms with Crippen LogP contribution in [0.5, 0.6) is 0 Å². The third-order valence-electron chi connectivity index (χ3n) is 4.09. The van der Waals surface area contributed by atoms with Crippen molar-refractivity contribution in [2.75, 3.05) is 0 Å². The molecule has 2 rings (SSSR count). The van der Waals surface area contributed by atoms with Crippen LogP contribution >= 0.6 is 0 Å². The molecule has 0 aliphatic carbocycles. The van der Waals surface area contributed by atoms with Crippen LogP contribution in [0.4, 0.5) is 11.4 Å². The molecule has 0 amide bonds. The second-order valence-electron chi connectivity index (χ2n) is 7.67. The number of nitrogens with zero attached hydrogens (tertiary/aromatic N) is 2. The van der Waals surface area contributed by atoms with Crippen LogP contribution in [0.1, 0.15) is 11.1 Å². The van der Waals surface area contributed by atoms with Gasteiger partial charge in [-0.15, -0.1) is 0 Å². The molecule has 0 aliphatic rings. The van der Waals surface area contributed by atoms with E-state index in [9.17, 15) is 20.2 Å². The minimum Gasteiger partial charge on any atom is -0.449 e. The Bertz CT molecular complexity index is 859. The summed E-state index contributed by atoms with van der Waals surface area (Å²) in [5.41, 5.74) is 6.06. The Labute approximate surface area is 171 Å². The SMILES string of the molecule is C[Si](C)(/C=C/c1ccc([N+](=O)[O-])cc1)O[Si](C)(C)/C=C/c1ccc([N+](=O)[O-])cc1. The summed E-state index contributed by atoms with van der Waals surface area (Å²) < 4.78 is 6.48. The normalized spacial score (nSPS) is 12.6. The van der Waals surface area contributed by atoms with E-state index < -0.39 is 26.5 Å². The van der Waals surface area contributed by atoms with Crippen LogP contribution in [0.25, 0.3) is 12.2 Å². The Balaban J connectivity index is 2.04. The summed E-state index contributed by atoms with van der Waals surface area (Å²) in [5.74, 6) is 0. The molecular formula is C20H24N2O5Si2. The van der Waals surface area contributed by atoms with Crippen molar-refractivity contribution in [3.63, 3.8) is 0 Å². The number of non-ortho nitro benzene ring substituents is 2. The number of hydrogen-bond acceptors (Lipinski definition) is 5. The smallest absolute Gasteiger partial charge is 0.269 e. The Morgan fingerprint density at radius 3 is 1.28 bits per heavy atom. The molecule has 0 atom stereocenters. The molecule has 0 bridgehead atoms. The number of rotatable bonds is 8. The molecule has 7 nitrogen and oxygen atoms in total. The number of hydrogen-bond donors (Lipinski definition) is 0. The van der Waals surface area contributed by atoms with Gasteiger partial charge in [-0.05, 0) is 61.6 Å². The largest absolute Gasteiger partial charge is 0.449 e. The summed E-state index contributed by atoms with van der Waals surface area (Å²) in [6, 6.07) is 12.8. The molecule has 0 fully saturated rings. The van der Waals surface area contributed by atoms with Gasteiger partial charge in [0.05, 0.1) is 9.85 Å². The molecule has 0 aromatic heterocycles. The summed E-state index contributed by atoms with van der Waals surface area (Å²) in [6.45, 7) is 8.40. The van der Waals surface area contributed by atoms with E-state index in [1.807, 2.05) is 12.2 Å². The first-order chi connectivity index (χ1) is 13.5. The first-order valence-electron chi connectivity index (χ1n) is 9.05. The van der Waals surface area contributed by atoms with E-state index in [1.165, 1.54) is 24.3 Å². The van der Waals surface area contributed by atoms with Crippen LogP contribution in [0.15, 0.2) is 59.9 Å². The summed E-state index contributed by atoms with van der Waals surface area (Å²) in [7, 11) is -4.22. The van der Waals surface area contributed by atoms with E-state index in [1.54, 1.807) is 24.3 Å². The van der Waals surface area contributed by atoms with Gasteiger partial charge in [0.25, 0.3) is 11.4 Å². The van der Waals surface area contributed by atoms with Crippen molar-refractivity contribution in [3.05, 3.63) is 91.3 Å². The van der Waals surface area contributed by atoms with Crippen molar-refractivity contribution in [2.24, 2.45) is 0 Å². The fourth-order valence-corrected chi connectivity index (χ4v) is 9.91. The van der Waals surface area contributed by atoms with Crippen LogP contribution < -0.4 is 0 Å². The van der Waals surface area contributed by atoms with E-state index in [4.69, 9.17) is 4.12 Å². The van der Waals surface area contributed by atoms with E-state index in [2.05, 4.69) is 37.6 Å². The monoisotopic (exact) mass is 428 g/mol. The molecule has 0 saturated carbocycles. The van der Waals surface area contributed by atoms with Crippen molar-refractivity contribution in [1.29, 1.82) is 0 Å². The number of nitro groups is 2. The summed E-state index contributed by atoms with van der Waals surface area (Å²) in [5, 5.41) is 21.5. The molecule has 9 heteroatoms. The van der Waals surface area contributed by atoms with Crippen molar-refractivity contribution in [1.82, 2.24) is 0 Å². The average molecular weight is 429 g/mol. The van der Waals surface area contributed by atoms with E-state index in [0.717, 1.165) is 11.1 Å². The van der Waals surface area contributed by atoms with Gasteiger partial charge in [0.2, 0.25) is 0 Å². The molecule has 152 valence electrons. The van der Waals surface area contributed by atoms with Gasteiger partial charge in [-0.25, -0.2) is 0 Å². The lowest BCUT2D eigenvalue weighted by Gasteiger charge is -2.29. The minimum atomic E-state index is -2.11. The number of benzene rings is 2. The topological polar surface area (TPSA) is 95.5 Å². The Morgan fingerprint density at radius 1 is 0.690 bits per heavy atom. The Morgan fingerprint density at radius 2 is 1.00 bits per heavy atom. The molecule has 0 unspecified atom stereocenters.